The van der Waals surface area contributed by atoms with Gasteiger partial charge in [-0.1, -0.05) is 0 Å². The molecular formula is C16H20N4OS. The van der Waals surface area contributed by atoms with Crippen molar-refractivity contribution >= 4 is 33.3 Å². The van der Waals surface area contributed by atoms with E-state index in [2.05, 4.69) is 26.3 Å². The number of aromatic nitrogens is 2. The third kappa shape index (κ3) is 2.79. The third-order valence-electron chi connectivity index (χ3n) is 4.59. The van der Waals surface area contributed by atoms with Gasteiger partial charge in [-0.3, -0.25) is 4.79 Å². The number of carbonyl (C=O) groups is 1. The second-order valence-corrected chi connectivity index (χ2v) is 7.20. The van der Waals surface area contributed by atoms with E-state index in [-0.39, 0.29) is 11.8 Å². The Bertz CT molecular complexity index is 682. The van der Waals surface area contributed by atoms with Crippen molar-refractivity contribution in [1.82, 2.24) is 15.3 Å². The van der Waals surface area contributed by atoms with Crippen molar-refractivity contribution < 1.29 is 4.79 Å². The summed E-state index contributed by atoms with van der Waals surface area (Å²) in [5.74, 6) is 2.00. The molecule has 0 aromatic carbocycles. The average molecular weight is 316 g/mol. The molecule has 1 atom stereocenters. The maximum Gasteiger partial charge on any atom is 0.224 e. The van der Waals surface area contributed by atoms with Gasteiger partial charge >= 0.3 is 0 Å². The van der Waals surface area contributed by atoms with E-state index in [1.165, 1.54) is 12.8 Å². The number of thiophene rings is 1. The molecule has 116 valence electrons. The number of nitrogens with zero attached hydrogens (tertiary/aromatic N) is 3. The molecule has 1 aliphatic heterocycles. The summed E-state index contributed by atoms with van der Waals surface area (Å²) in [6.07, 6.45) is 6.19. The van der Waals surface area contributed by atoms with E-state index in [4.69, 9.17) is 0 Å². The molecule has 0 radical (unpaired) electrons. The summed E-state index contributed by atoms with van der Waals surface area (Å²) in [5, 5.41) is 6.27. The third-order valence-corrected chi connectivity index (χ3v) is 5.42. The molecule has 2 aromatic heterocycles. The number of carbonyl (C=O) groups excluding carboxylic acids is 1. The maximum absolute atomic E-state index is 12.4. The Morgan fingerprint density at radius 1 is 1.36 bits per heavy atom. The van der Waals surface area contributed by atoms with E-state index in [0.29, 0.717) is 0 Å². The maximum atomic E-state index is 12.4. The molecule has 6 heteroatoms. The molecule has 1 N–H and O–H groups in total. The molecule has 0 bridgehead atoms. The van der Waals surface area contributed by atoms with Gasteiger partial charge in [-0.15, -0.1) is 11.3 Å². The molecule has 1 saturated carbocycles. The highest BCUT2D eigenvalue weighted by Crippen LogP contribution is 2.30. The Morgan fingerprint density at radius 2 is 2.27 bits per heavy atom. The first-order chi connectivity index (χ1) is 10.8. The minimum absolute atomic E-state index is 0.0798. The van der Waals surface area contributed by atoms with Crippen LogP contribution in [-0.2, 0) is 4.79 Å². The van der Waals surface area contributed by atoms with Crippen LogP contribution in [0.4, 0.5) is 5.82 Å². The summed E-state index contributed by atoms with van der Waals surface area (Å²) in [6, 6.07) is 2.08. The Labute approximate surface area is 133 Å². The Hall–Kier alpha value is -1.69. The predicted molar refractivity (Wildman–Crippen MR) is 88.1 cm³/mol. The van der Waals surface area contributed by atoms with E-state index in [1.807, 2.05) is 5.38 Å². The van der Waals surface area contributed by atoms with Crippen LogP contribution in [0.15, 0.2) is 17.8 Å². The molecule has 0 spiro atoms. The van der Waals surface area contributed by atoms with Crippen LogP contribution in [0.5, 0.6) is 0 Å². The highest BCUT2D eigenvalue weighted by atomic mass is 32.1. The van der Waals surface area contributed by atoms with E-state index >= 15 is 0 Å². The summed E-state index contributed by atoms with van der Waals surface area (Å²) < 4.78 is 0. The Morgan fingerprint density at radius 3 is 3.14 bits per heavy atom. The van der Waals surface area contributed by atoms with Crippen LogP contribution in [0.1, 0.15) is 25.7 Å². The minimum Gasteiger partial charge on any atom is -0.356 e. The fraction of sp³-hybridized carbons (Fsp3) is 0.562. The van der Waals surface area contributed by atoms with Crippen molar-refractivity contribution in [3.8, 4) is 0 Å². The predicted octanol–water partition coefficient (Wildman–Crippen LogP) is 2.43. The first-order valence-corrected chi connectivity index (χ1v) is 8.90. The van der Waals surface area contributed by atoms with Crippen molar-refractivity contribution in [1.29, 1.82) is 0 Å². The van der Waals surface area contributed by atoms with Crippen LogP contribution >= 0.6 is 11.3 Å². The number of nitrogens with one attached hydrogen (secondary N) is 1. The highest BCUT2D eigenvalue weighted by Gasteiger charge is 2.29. The van der Waals surface area contributed by atoms with Crippen LogP contribution in [-0.4, -0.2) is 35.5 Å². The monoisotopic (exact) mass is 316 g/mol. The normalized spacial score (nSPS) is 22.0. The molecule has 22 heavy (non-hydrogen) atoms. The summed E-state index contributed by atoms with van der Waals surface area (Å²) in [6.45, 7) is 2.59. The summed E-state index contributed by atoms with van der Waals surface area (Å²) in [4.78, 5) is 24.4. The molecule has 1 aliphatic carbocycles. The van der Waals surface area contributed by atoms with Crippen LogP contribution in [0, 0.1) is 11.8 Å². The largest absolute Gasteiger partial charge is 0.356 e. The Kier molecular flexibility index (Phi) is 3.70. The van der Waals surface area contributed by atoms with Gasteiger partial charge in [0.15, 0.2) is 0 Å². The fourth-order valence-electron chi connectivity index (χ4n) is 3.12. The lowest BCUT2D eigenvalue weighted by molar-refractivity contribution is -0.125. The number of piperidine rings is 1. The number of amides is 1. The molecule has 4 rings (SSSR count). The fourth-order valence-corrected chi connectivity index (χ4v) is 3.85. The number of anilines is 1. The van der Waals surface area contributed by atoms with Gasteiger partial charge < -0.3 is 10.2 Å². The van der Waals surface area contributed by atoms with Gasteiger partial charge in [0.1, 0.15) is 17.0 Å². The van der Waals surface area contributed by atoms with Gasteiger partial charge in [-0.25, -0.2) is 9.97 Å². The van der Waals surface area contributed by atoms with Gasteiger partial charge in [-0.05, 0) is 43.0 Å². The summed E-state index contributed by atoms with van der Waals surface area (Å²) in [5.41, 5.74) is 0. The van der Waals surface area contributed by atoms with Gasteiger partial charge in [0, 0.05) is 19.6 Å². The lowest BCUT2D eigenvalue weighted by Gasteiger charge is -2.33. The van der Waals surface area contributed by atoms with Gasteiger partial charge in [0.05, 0.1) is 11.3 Å². The first-order valence-electron chi connectivity index (χ1n) is 8.02. The van der Waals surface area contributed by atoms with Crippen LogP contribution in [0.25, 0.3) is 10.2 Å². The average Bonchev–Trinajstić information content (AvgIpc) is 3.27. The highest BCUT2D eigenvalue weighted by molar-refractivity contribution is 7.16. The molecule has 0 unspecified atom stereocenters. The van der Waals surface area contributed by atoms with Crippen molar-refractivity contribution in [3.63, 3.8) is 0 Å². The quantitative estimate of drug-likeness (QED) is 0.941. The zero-order valence-corrected chi connectivity index (χ0v) is 13.3. The van der Waals surface area contributed by atoms with Gasteiger partial charge in [-0.2, -0.15) is 0 Å². The smallest absolute Gasteiger partial charge is 0.224 e. The molecule has 2 aliphatic rings. The molecule has 2 fully saturated rings. The lowest BCUT2D eigenvalue weighted by atomic mass is 9.97. The van der Waals surface area contributed by atoms with Crippen molar-refractivity contribution in [3.05, 3.63) is 17.8 Å². The number of rotatable bonds is 4. The van der Waals surface area contributed by atoms with E-state index in [1.54, 1.807) is 17.7 Å². The van der Waals surface area contributed by atoms with Crippen molar-refractivity contribution in [2.75, 3.05) is 24.5 Å². The zero-order chi connectivity index (χ0) is 14.9. The second kappa shape index (κ2) is 5.83. The second-order valence-electron chi connectivity index (χ2n) is 6.31. The minimum atomic E-state index is 0.0798. The lowest BCUT2D eigenvalue weighted by Crippen LogP contribution is -2.43. The molecule has 5 nitrogen and oxygen atoms in total. The molecule has 1 amide bonds. The van der Waals surface area contributed by atoms with Crippen LogP contribution in [0.3, 0.4) is 0 Å². The topological polar surface area (TPSA) is 58.1 Å². The van der Waals surface area contributed by atoms with E-state index in [9.17, 15) is 4.79 Å². The van der Waals surface area contributed by atoms with E-state index < -0.39 is 0 Å². The number of hydrogen-bond acceptors (Lipinski definition) is 5. The molecular weight excluding hydrogens is 296 g/mol. The van der Waals surface area contributed by atoms with Crippen LogP contribution in [0.2, 0.25) is 0 Å². The Balaban J connectivity index is 1.48. The summed E-state index contributed by atoms with van der Waals surface area (Å²) >= 11 is 1.63. The number of hydrogen-bond donors (Lipinski definition) is 1. The van der Waals surface area contributed by atoms with Gasteiger partial charge in [0.2, 0.25) is 5.91 Å². The van der Waals surface area contributed by atoms with Crippen molar-refractivity contribution in [2.45, 2.75) is 25.7 Å². The molecule has 2 aromatic rings. The number of fused-ring (bicyclic) bond motifs is 1. The van der Waals surface area contributed by atoms with Gasteiger partial charge in [0.25, 0.3) is 0 Å². The van der Waals surface area contributed by atoms with Crippen LogP contribution < -0.4 is 10.2 Å². The molecule has 1 saturated heterocycles. The summed E-state index contributed by atoms with van der Waals surface area (Å²) in [7, 11) is 0. The first kappa shape index (κ1) is 13.9. The zero-order valence-electron chi connectivity index (χ0n) is 12.5. The standard InChI is InChI=1S/C16H20N4OS/c21-15(17-8-11-3-4-11)12-2-1-6-20(9-12)14-13-5-7-22-16(13)19-10-18-14/h5,7,10-12H,1-4,6,8-9H2,(H,17,21)/t12-/m1/s1. The van der Waals surface area contributed by atoms with Crippen molar-refractivity contribution in [2.24, 2.45) is 11.8 Å². The SMILES string of the molecule is O=C(NCC1CC1)[C@@H]1CCCN(c2ncnc3sccc23)C1. The molecule has 3 heterocycles. The van der Waals surface area contributed by atoms with E-state index in [0.717, 1.165) is 54.4 Å².